The Morgan fingerprint density at radius 2 is 1.84 bits per heavy atom. The average Bonchev–Trinajstić information content (AvgIpc) is 3.51. The molecular weight excluding hydrogens is 500 g/mol. The van der Waals surface area contributed by atoms with E-state index in [1.165, 1.54) is 0 Å². The van der Waals surface area contributed by atoms with Crippen LogP contribution in [0.3, 0.4) is 0 Å². The normalized spacial score (nSPS) is 13.9. The van der Waals surface area contributed by atoms with Crippen LogP contribution in [0.25, 0.3) is 22.0 Å². The third-order valence-corrected chi connectivity index (χ3v) is 7.09. The van der Waals surface area contributed by atoms with Crippen LogP contribution in [0.15, 0.2) is 53.2 Å². The smallest absolute Gasteiger partial charge is 0.228 e. The first-order valence-corrected chi connectivity index (χ1v) is 13.0. The summed E-state index contributed by atoms with van der Waals surface area (Å²) in [5.74, 6) is 3.15. The molecule has 5 aromatic rings. The highest BCUT2D eigenvalue weighted by atomic mass is 35.5. The Morgan fingerprint density at radius 1 is 1.03 bits per heavy atom. The Labute approximate surface area is 226 Å². The number of hydrogen-bond donors (Lipinski definition) is 1. The number of benzene rings is 2. The fourth-order valence-electron chi connectivity index (χ4n) is 4.91. The molecule has 9 nitrogen and oxygen atoms in total. The van der Waals surface area contributed by atoms with Crippen molar-refractivity contribution in [3.63, 3.8) is 0 Å². The predicted molar refractivity (Wildman–Crippen MR) is 150 cm³/mol. The molecule has 1 radical (unpaired) electrons. The van der Waals surface area contributed by atoms with E-state index in [-0.39, 0.29) is 0 Å². The molecule has 38 heavy (non-hydrogen) atoms. The van der Waals surface area contributed by atoms with Crippen LogP contribution in [-0.4, -0.2) is 51.1 Å². The molecular formula is C28H28ClN8O. The van der Waals surface area contributed by atoms with Gasteiger partial charge in [-0.3, -0.25) is 4.68 Å². The van der Waals surface area contributed by atoms with Gasteiger partial charge in [0, 0.05) is 68.0 Å². The SMILES string of the molecule is Cc1noc(C)c1-c1ccc2nc(N3CCN(c4[c]cn(C)n4)CC3)nc(NCc3cccc(Cl)c3)c2c1. The van der Waals surface area contributed by atoms with E-state index in [1.54, 1.807) is 4.68 Å². The van der Waals surface area contributed by atoms with Crippen LogP contribution >= 0.6 is 11.6 Å². The molecule has 0 aliphatic carbocycles. The highest BCUT2D eigenvalue weighted by molar-refractivity contribution is 6.30. The lowest BCUT2D eigenvalue weighted by Crippen LogP contribution is -2.47. The van der Waals surface area contributed by atoms with Crippen molar-refractivity contribution < 1.29 is 4.52 Å². The second-order valence-corrected chi connectivity index (χ2v) is 9.97. The van der Waals surface area contributed by atoms with Gasteiger partial charge in [-0.15, -0.1) is 0 Å². The van der Waals surface area contributed by atoms with E-state index >= 15 is 0 Å². The van der Waals surface area contributed by atoms with Crippen molar-refractivity contribution in [2.75, 3.05) is 41.3 Å². The first-order chi connectivity index (χ1) is 18.4. The third kappa shape index (κ3) is 4.77. The summed E-state index contributed by atoms with van der Waals surface area (Å²) in [6.45, 7) is 7.71. The molecule has 4 heterocycles. The van der Waals surface area contributed by atoms with Crippen molar-refractivity contribution in [2.24, 2.45) is 7.05 Å². The van der Waals surface area contributed by atoms with Gasteiger partial charge in [-0.2, -0.15) is 10.1 Å². The summed E-state index contributed by atoms with van der Waals surface area (Å²) in [4.78, 5) is 14.5. The number of piperazine rings is 1. The van der Waals surface area contributed by atoms with E-state index in [1.807, 2.05) is 57.4 Å². The lowest BCUT2D eigenvalue weighted by Gasteiger charge is -2.35. The van der Waals surface area contributed by atoms with E-state index in [2.05, 4.69) is 43.6 Å². The zero-order chi connectivity index (χ0) is 26.2. The molecule has 0 unspecified atom stereocenters. The molecule has 0 bridgehead atoms. The summed E-state index contributed by atoms with van der Waals surface area (Å²) in [6.07, 6.45) is 1.85. The average molecular weight is 528 g/mol. The summed E-state index contributed by atoms with van der Waals surface area (Å²) >= 11 is 6.23. The lowest BCUT2D eigenvalue weighted by molar-refractivity contribution is 0.393. The summed E-state index contributed by atoms with van der Waals surface area (Å²) in [6, 6.07) is 17.3. The molecule has 1 aliphatic heterocycles. The van der Waals surface area contributed by atoms with E-state index in [4.69, 9.17) is 26.1 Å². The topological polar surface area (TPSA) is 88.1 Å². The van der Waals surface area contributed by atoms with Gasteiger partial charge in [-0.25, -0.2) is 4.98 Å². The maximum absolute atomic E-state index is 6.23. The van der Waals surface area contributed by atoms with Gasteiger partial charge in [-0.05, 0) is 49.2 Å². The van der Waals surface area contributed by atoms with Crippen molar-refractivity contribution in [1.29, 1.82) is 0 Å². The largest absolute Gasteiger partial charge is 0.365 e. The van der Waals surface area contributed by atoms with Crippen LogP contribution in [0.4, 0.5) is 17.6 Å². The minimum Gasteiger partial charge on any atom is -0.365 e. The van der Waals surface area contributed by atoms with E-state index in [0.29, 0.717) is 17.5 Å². The zero-order valence-electron chi connectivity index (χ0n) is 21.6. The summed E-state index contributed by atoms with van der Waals surface area (Å²) in [7, 11) is 1.91. The second-order valence-electron chi connectivity index (χ2n) is 9.53. The van der Waals surface area contributed by atoms with E-state index < -0.39 is 0 Å². The maximum atomic E-state index is 6.23. The number of halogens is 1. The van der Waals surface area contributed by atoms with Gasteiger partial charge in [-0.1, -0.05) is 35.0 Å². The van der Waals surface area contributed by atoms with Gasteiger partial charge >= 0.3 is 0 Å². The number of anilines is 3. The predicted octanol–water partition coefficient (Wildman–Crippen LogP) is 5.03. The van der Waals surface area contributed by atoms with Gasteiger partial charge in [0.25, 0.3) is 0 Å². The molecule has 1 fully saturated rings. The monoisotopic (exact) mass is 527 g/mol. The highest BCUT2D eigenvalue weighted by Gasteiger charge is 2.22. The first kappa shape index (κ1) is 24.2. The van der Waals surface area contributed by atoms with E-state index in [9.17, 15) is 0 Å². The van der Waals surface area contributed by atoms with Crippen molar-refractivity contribution in [2.45, 2.75) is 20.4 Å². The number of nitrogens with one attached hydrogen (secondary N) is 1. The summed E-state index contributed by atoms with van der Waals surface area (Å²) < 4.78 is 7.20. The maximum Gasteiger partial charge on any atom is 0.228 e. The van der Waals surface area contributed by atoms with Crippen molar-refractivity contribution in [3.05, 3.63) is 76.8 Å². The van der Waals surface area contributed by atoms with Gasteiger partial charge < -0.3 is 19.6 Å². The van der Waals surface area contributed by atoms with Crippen LogP contribution < -0.4 is 15.1 Å². The lowest BCUT2D eigenvalue weighted by atomic mass is 10.0. The molecule has 1 N–H and O–H groups in total. The second kappa shape index (κ2) is 9.98. The standard InChI is InChI=1S/C28H28ClN8O/c1-18-26(19(2)38-34-18)21-7-8-24-23(16-21)27(30-17-20-5-4-6-22(29)15-20)32-28(31-24)37-13-11-36(12-14-37)25-9-10-35(3)33-25/h4-8,10,15-16H,11-14,17H2,1-3H3,(H,30,31,32). The Morgan fingerprint density at radius 3 is 2.55 bits per heavy atom. The molecule has 0 spiro atoms. The quantitative estimate of drug-likeness (QED) is 0.329. The van der Waals surface area contributed by atoms with Crippen molar-refractivity contribution in [1.82, 2.24) is 24.9 Å². The Balaban J connectivity index is 1.33. The molecule has 0 saturated carbocycles. The minimum absolute atomic E-state index is 0.588. The minimum atomic E-state index is 0.588. The molecule has 0 amide bonds. The number of nitrogens with zero attached hydrogens (tertiary/aromatic N) is 7. The molecule has 1 aliphatic rings. The molecule has 2 aromatic carbocycles. The molecule has 10 heteroatoms. The van der Waals surface area contributed by atoms with Crippen LogP contribution in [-0.2, 0) is 13.6 Å². The van der Waals surface area contributed by atoms with Crippen LogP contribution in [0, 0.1) is 19.9 Å². The van der Waals surface area contributed by atoms with Gasteiger partial charge in [0.05, 0.1) is 11.2 Å². The third-order valence-electron chi connectivity index (χ3n) is 6.85. The first-order valence-electron chi connectivity index (χ1n) is 12.6. The summed E-state index contributed by atoms with van der Waals surface area (Å²) in [5.41, 5.74) is 4.83. The Bertz CT molecular complexity index is 1580. The fourth-order valence-corrected chi connectivity index (χ4v) is 5.12. The summed E-state index contributed by atoms with van der Waals surface area (Å²) in [5, 5.41) is 13.8. The van der Waals surface area contributed by atoms with Gasteiger partial charge in [0.15, 0.2) is 5.82 Å². The number of aryl methyl sites for hydroxylation is 3. The molecule has 6 rings (SSSR count). The van der Waals surface area contributed by atoms with Crippen LogP contribution in [0.2, 0.25) is 5.02 Å². The van der Waals surface area contributed by atoms with E-state index in [0.717, 1.165) is 76.9 Å². The number of fused-ring (bicyclic) bond motifs is 1. The Kier molecular flexibility index (Phi) is 6.37. The highest BCUT2D eigenvalue weighted by Crippen LogP contribution is 2.33. The van der Waals surface area contributed by atoms with Crippen molar-refractivity contribution in [3.8, 4) is 11.1 Å². The number of aromatic nitrogens is 5. The Hall–Kier alpha value is -4.11. The zero-order valence-corrected chi connectivity index (χ0v) is 22.3. The van der Waals surface area contributed by atoms with Crippen LogP contribution in [0.5, 0.6) is 0 Å². The molecule has 3 aromatic heterocycles. The fraction of sp³-hybridized carbons (Fsp3) is 0.286. The van der Waals surface area contributed by atoms with Gasteiger partial charge in [0.2, 0.25) is 5.95 Å². The molecule has 1 saturated heterocycles. The molecule has 193 valence electrons. The number of hydrogen-bond acceptors (Lipinski definition) is 8. The molecule has 0 atom stereocenters. The number of rotatable bonds is 6. The van der Waals surface area contributed by atoms with Crippen LogP contribution in [0.1, 0.15) is 17.0 Å². The van der Waals surface area contributed by atoms with Gasteiger partial charge in [0.1, 0.15) is 11.6 Å². The van der Waals surface area contributed by atoms with Crippen molar-refractivity contribution >= 4 is 40.1 Å².